The van der Waals surface area contributed by atoms with Crippen molar-refractivity contribution in [1.29, 1.82) is 0 Å². The number of hydrogen-bond acceptors (Lipinski definition) is 4. The first-order valence-corrected chi connectivity index (χ1v) is 4.39. The molecular formula is C9H15NO5. The van der Waals surface area contributed by atoms with Crippen LogP contribution in [-0.4, -0.2) is 43.5 Å². The minimum atomic E-state index is -1.06. The van der Waals surface area contributed by atoms with Crippen molar-refractivity contribution in [2.75, 3.05) is 20.3 Å². The molecule has 0 bridgehead atoms. The van der Waals surface area contributed by atoms with Gasteiger partial charge >= 0.3 is 12.1 Å². The molecule has 0 rings (SSSR count). The summed E-state index contributed by atoms with van der Waals surface area (Å²) < 4.78 is 9.28. The monoisotopic (exact) mass is 217 g/mol. The number of aliphatic carboxylic acids is 1. The van der Waals surface area contributed by atoms with Gasteiger partial charge in [0, 0.05) is 20.1 Å². The third-order valence-electron chi connectivity index (χ3n) is 1.57. The molecule has 6 heteroatoms. The Labute approximate surface area is 87.9 Å². The Hall–Kier alpha value is -1.56. The summed E-state index contributed by atoms with van der Waals surface area (Å²) in [4.78, 5) is 21.4. The zero-order valence-electron chi connectivity index (χ0n) is 8.56. The van der Waals surface area contributed by atoms with E-state index >= 15 is 0 Å². The molecule has 0 fully saturated rings. The molecule has 0 aliphatic heterocycles. The van der Waals surface area contributed by atoms with E-state index in [-0.39, 0.29) is 19.6 Å². The lowest BCUT2D eigenvalue weighted by Crippen LogP contribution is -2.31. The molecule has 0 saturated heterocycles. The van der Waals surface area contributed by atoms with Gasteiger partial charge in [0.15, 0.2) is 6.10 Å². The van der Waals surface area contributed by atoms with E-state index in [1.165, 1.54) is 13.2 Å². The molecule has 0 saturated carbocycles. The van der Waals surface area contributed by atoms with Crippen LogP contribution in [0.5, 0.6) is 0 Å². The molecule has 0 spiro atoms. The number of carboxylic acids is 1. The second-order valence-corrected chi connectivity index (χ2v) is 2.67. The number of carbonyl (C=O) groups is 2. The Morgan fingerprint density at radius 1 is 1.60 bits per heavy atom. The van der Waals surface area contributed by atoms with Crippen molar-refractivity contribution in [2.24, 2.45) is 0 Å². The van der Waals surface area contributed by atoms with Gasteiger partial charge in [0.1, 0.15) is 6.61 Å². The average Bonchev–Trinajstić information content (AvgIpc) is 2.20. The predicted octanol–water partition coefficient (Wildman–Crippen LogP) is 0.388. The maximum Gasteiger partial charge on any atom is 0.407 e. The summed E-state index contributed by atoms with van der Waals surface area (Å²) in [6, 6.07) is 0. The molecule has 6 nitrogen and oxygen atoms in total. The second kappa shape index (κ2) is 7.81. The van der Waals surface area contributed by atoms with Crippen LogP contribution in [0.4, 0.5) is 4.79 Å². The number of carboxylic acid groups (broad SMARTS) is 1. The number of carbonyl (C=O) groups excluding carboxylic acids is 1. The highest BCUT2D eigenvalue weighted by molar-refractivity contribution is 5.72. The van der Waals surface area contributed by atoms with Gasteiger partial charge in [0.25, 0.3) is 0 Å². The minimum Gasteiger partial charge on any atom is -0.479 e. The lowest BCUT2D eigenvalue weighted by atomic mass is 10.2. The normalized spacial score (nSPS) is 11.5. The van der Waals surface area contributed by atoms with Gasteiger partial charge in [-0.05, 0) is 0 Å². The van der Waals surface area contributed by atoms with Gasteiger partial charge in [-0.2, -0.15) is 0 Å². The highest BCUT2D eigenvalue weighted by atomic mass is 16.5. The van der Waals surface area contributed by atoms with Crippen molar-refractivity contribution >= 4 is 12.1 Å². The van der Waals surface area contributed by atoms with Gasteiger partial charge in [-0.1, -0.05) is 12.7 Å². The fourth-order valence-electron chi connectivity index (χ4n) is 0.833. The van der Waals surface area contributed by atoms with Crippen LogP contribution < -0.4 is 5.32 Å². The van der Waals surface area contributed by atoms with Crippen LogP contribution in [0.25, 0.3) is 0 Å². The van der Waals surface area contributed by atoms with Gasteiger partial charge < -0.3 is 19.9 Å². The first kappa shape index (κ1) is 13.4. The van der Waals surface area contributed by atoms with Crippen LogP contribution in [-0.2, 0) is 14.3 Å². The molecule has 2 N–H and O–H groups in total. The molecule has 15 heavy (non-hydrogen) atoms. The van der Waals surface area contributed by atoms with Crippen molar-refractivity contribution in [3.63, 3.8) is 0 Å². The van der Waals surface area contributed by atoms with Crippen molar-refractivity contribution < 1.29 is 24.2 Å². The number of methoxy groups -OCH3 is 1. The summed E-state index contributed by atoms with van der Waals surface area (Å²) in [7, 11) is 1.30. The third-order valence-corrected chi connectivity index (χ3v) is 1.57. The summed E-state index contributed by atoms with van der Waals surface area (Å²) in [5.74, 6) is -1.06. The van der Waals surface area contributed by atoms with Gasteiger partial charge in [-0.25, -0.2) is 9.59 Å². The first-order chi connectivity index (χ1) is 7.11. The van der Waals surface area contributed by atoms with E-state index in [0.717, 1.165) is 0 Å². The van der Waals surface area contributed by atoms with E-state index in [4.69, 9.17) is 5.11 Å². The smallest absolute Gasteiger partial charge is 0.407 e. The molecule has 1 amide bonds. The second-order valence-electron chi connectivity index (χ2n) is 2.67. The van der Waals surface area contributed by atoms with Crippen LogP contribution in [0.3, 0.4) is 0 Å². The number of hydrogen-bond donors (Lipinski definition) is 2. The van der Waals surface area contributed by atoms with Crippen molar-refractivity contribution in [3.8, 4) is 0 Å². The Bertz CT molecular complexity index is 229. The SMILES string of the molecule is C=CCOC(=O)NCC[C@@H](OC)C(=O)O. The zero-order chi connectivity index (χ0) is 11.7. The van der Waals surface area contributed by atoms with Crippen molar-refractivity contribution in [2.45, 2.75) is 12.5 Å². The summed E-state index contributed by atoms with van der Waals surface area (Å²) in [5.41, 5.74) is 0. The average molecular weight is 217 g/mol. The first-order valence-electron chi connectivity index (χ1n) is 4.39. The van der Waals surface area contributed by atoms with Crippen LogP contribution >= 0.6 is 0 Å². The zero-order valence-corrected chi connectivity index (χ0v) is 8.56. The highest BCUT2D eigenvalue weighted by Crippen LogP contribution is 1.95. The fraction of sp³-hybridized carbons (Fsp3) is 0.556. The molecule has 0 heterocycles. The van der Waals surface area contributed by atoms with Crippen LogP contribution in [0.2, 0.25) is 0 Å². The lowest BCUT2D eigenvalue weighted by molar-refractivity contribution is -0.148. The fourth-order valence-corrected chi connectivity index (χ4v) is 0.833. The van der Waals surface area contributed by atoms with E-state index in [1.807, 2.05) is 0 Å². The lowest BCUT2D eigenvalue weighted by Gasteiger charge is -2.10. The Balaban J connectivity index is 3.63. The molecule has 0 aromatic rings. The van der Waals surface area contributed by atoms with Crippen LogP contribution in [0.15, 0.2) is 12.7 Å². The van der Waals surface area contributed by atoms with E-state index in [9.17, 15) is 9.59 Å². The molecule has 1 atom stereocenters. The van der Waals surface area contributed by atoms with Crippen molar-refractivity contribution in [1.82, 2.24) is 5.32 Å². The quantitative estimate of drug-likeness (QED) is 0.602. The predicted molar refractivity (Wildman–Crippen MR) is 52.6 cm³/mol. The Morgan fingerprint density at radius 3 is 2.73 bits per heavy atom. The van der Waals surface area contributed by atoms with E-state index in [2.05, 4.69) is 21.4 Å². The van der Waals surface area contributed by atoms with Gasteiger partial charge in [-0.15, -0.1) is 0 Å². The van der Waals surface area contributed by atoms with Gasteiger partial charge in [0.2, 0.25) is 0 Å². The molecule has 86 valence electrons. The van der Waals surface area contributed by atoms with Crippen LogP contribution in [0.1, 0.15) is 6.42 Å². The summed E-state index contributed by atoms with van der Waals surface area (Å²) in [6.45, 7) is 3.68. The standard InChI is InChI=1S/C9H15NO5/c1-3-6-15-9(13)10-5-4-7(14-2)8(11)12/h3,7H,1,4-6H2,2H3,(H,10,13)(H,11,12)/t7-/m1/s1. The van der Waals surface area contributed by atoms with Crippen molar-refractivity contribution in [3.05, 3.63) is 12.7 Å². The maximum absolute atomic E-state index is 10.9. The topological polar surface area (TPSA) is 84.9 Å². The summed E-state index contributed by atoms with van der Waals surface area (Å²) in [6.07, 6.45) is 0.115. The highest BCUT2D eigenvalue weighted by Gasteiger charge is 2.15. The Kier molecular flexibility index (Phi) is 7.00. The van der Waals surface area contributed by atoms with Gasteiger partial charge in [-0.3, -0.25) is 0 Å². The molecule has 0 aliphatic carbocycles. The molecule has 0 aromatic carbocycles. The minimum absolute atomic E-state index is 0.123. The molecule has 0 unspecified atom stereocenters. The number of alkyl carbamates (subject to hydrolysis) is 1. The Morgan fingerprint density at radius 2 is 2.27 bits per heavy atom. The van der Waals surface area contributed by atoms with Gasteiger partial charge in [0.05, 0.1) is 0 Å². The van der Waals surface area contributed by atoms with E-state index < -0.39 is 18.2 Å². The number of ether oxygens (including phenoxy) is 2. The molecule has 0 radical (unpaired) electrons. The van der Waals surface area contributed by atoms with Crippen LogP contribution in [0, 0.1) is 0 Å². The maximum atomic E-state index is 10.9. The summed E-state index contributed by atoms with van der Waals surface area (Å²) >= 11 is 0. The van der Waals surface area contributed by atoms with E-state index in [0.29, 0.717) is 0 Å². The third kappa shape index (κ3) is 6.50. The number of nitrogens with one attached hydrogen (secondary N) is 1. The molecule has 0 aliphatic rings. The molecule has 0 aromatic heterocycles. The largest absolute Gasteiger partial charge is 0.479 e. The number of amides is 1. The number of rotatable bonds is 7. The summed E-state index contributed by atoms with van der Waals surface area (Å²) in [5, 5.41) is 11.0. The molecular weight excluding hydrogens is 202 g/mol. The van der Waals surface area contributed by atoms with E-state index in [1.54, 1.807) is 0 Å².